The van der Waals surface area contributed by atoms with E-state index in [0.717, 1.165) is 30.0 Å². The van der Waals surface area contributed by atoms with E-state index in [0.29, 0.717) is 11.5 Å². The quantitative estimate of drug-likeness (QED) is 0.612. The van der Waals surface area contributed by atoms with Gasteiger partial charge < -0.3 is 14.6 Å². The lowest BCUT2D eigenvalue weighted by atomic mass is 10.2. The molecule has 0 aliphatic carbocycles. The molecule has 1 amide bonds. The van der Waals surface area contributed by atoms with Gasteiger partial charge >= 0.3 is 0 Å². The minimum atomic E-state index is -0.291. The summed E-state index contributed by atoms with van der Waals surface area (Å²) in [6.45, 7) is 2.12. The molecule has 28 heavy (non-hydrogen) atoms. The summed E-state index contributed by atoms with van der Waals surface area (Å²) >= 11 is 0. The first-order valence-corrected chi connectivity index (χ1v) is 9.37. The number of hydrogen-bond donors (Lipinski definition) is 1. The Balaban J connectivity index is 1.39. The van der Waals surface area contributed by atoms with E-state index in [4.69, 9.17) is 4.42 Å². The second kappa shape index (κ2) is 8.13. The molecule has 0 spiro atoms. The van der Waals surface area contributed by atoms with Gasteiger partial charge in [-0.15, -0.1) is 0 Å². The summed E-state index contributed by atoms with van der Waals surface area (Å²) in [5.74, 6) is 0.665. The lowest BCUT2D eigenvalue weighted by molar-refractivity contribution is -0.111. The van der Waals surface area contributed by atoms with Crippen LogP contribution in [-0.2, 0) is 4.79 Å². The molecule has 3 aromatic rings. The van der Waals surface area contributed by atoms with Crippen LogP contribution in [0.5, 0.6) is 0 Å². The lowest BCUT2D eigenvalue weighted by Crippen LogP contribution is -2.17. The zero-order valence-electron chi connectivity index (χ0n) is 15.4. The third-order valence-corrected chi connectivity index (χ3v) is 4.74. The predicted molar refractivity (Wildman–Crippen MR) is 110 cm³/mol. The Kier molecular flexibility index (Phi) is 5.24. The number of nitrogens with one attached hydrogen (secondary N) is 1. The Morgan fingerprint density at radius 2 is 1.82 bits per heavy atom. The highest BCUT2D eigenvalue weighted by atomic mass is 19.1. The first kappa shape index (κ1) is 18.0. The summed E-state index contributed by atoms with van der Waals surface area (Å²) in [4.78, 5) is 14.6. The minimum Gasteiger partial charge on any atom is -0.457 e. The van der Waals surface area contributed by atoms with Crippen molar-refractivity contribution in [1.82, 2.24) is 0 Å². The normalized spacial score (nSPS) is 14.0. The number of furan rings is 1. The fraction of sp³-hybridized carbons (Fsp3) is 0.174. The molecule has 4 nitrogen and oxygen atoms in total. The number of amides is 1. The molecule has 0 unspecified atom stereocenters. The van der Waals surface area contributed by atoms with E-state index in [2.05, 4.69) is 16.3 Å². The number of carbonyl (C=O) groups is 1. The maximum Gasteiger partial charge on any atom is 0.248 e. The van der Waals surface area contributed by atoms with Crippen molar-refractivity contribution in [3.63, 3.8) is 0 Å². The Labute approximate surface area is 163 Å². The highest BCUT2D eigenvalue weighted by Crippen LogP contribution is 2.24. The molecule has 0 bridgehead atoms. The second-order valence-corrected chi connectivity index (χ2v) is 6.78. The van der Waals surface area contributed by atoms with Gasteiger partial charge in [-0.1, -0.05) is 6.07 Å². The monoisotopic (exact) mass is 376 g/mol. The van der Waals surface area contributed by atoms with Crippen LogP contribution in [0.4, 0.5) is 15.8 Å². The molecule has 1 aromatic heterocycles. The van der Waals surface area contributed by atoms with Gasteiger partial charge in [0.2, 0.25) is 5.91 Å². The van der Waals surface area contributed by atoms with Crippen LogP contribution in [-0.4, -0.2) is 19.0 Å². The minimum absolute atomic E-state index is 0.224. The third kappa shape index (κ3) is 4.31. The van der Waals surface area contributed by atoms with Crippen LogP contribution >= 0.6 is 0 Å². The van der Waals surface area contributed by atoms with Crippen molar-refractivity contribution < 1.29 is 13.6 Å². The number of rotatable bonds is 5. The van der Waals surface area contributed by atoms with E-state index in [9.17, 15) is 9.18 Å². The van der Waals surface area contributed by atoms with Crippen molar-refractivity contribution in [3.05, 3.63) is 78.3 Å². The molecule has 0 saturated carbocycles. The largest absolute Gasteiger partial charge is 0.457 e. The summed E-state index contributed by atoms with van der Waals surface area (Å²) < 4.78 is 18.7. The molecule has 1 fully saturated rings. The number of benzene rings is 2. The Morgan fingerprint density at radius 1 is 1.04 bits per heavy atom. The first-order valence-electron chi connectivity index (χ1n) is 9.37. The smallest absolute Gasteiger partial charge is 0.248 e. The Morgan fingerprint density at radius 3 is 2.61 bits per heavy atom. The number of carbonyl (C=O) groups excluding carboxylic acids is 1. The van der Waals surface area contributed by atoms with Gasteiger partial charge in [0.25, 0.3) is 0 Å². The van der Waals surface area contributed by atoms with Crippen LogP contribution in [0.2, 0.25) is 0 Å². The van der Waals surface area contributed by atoms with Crippen LogP contribution in [0.1, 0.15) is 18.6 Å². The number of halogens is 1. The molecular formula is C23H21FN2O2. The van der Waals surface area contributed by atoms with E-state index in [1.165, 1.54) is 31.1 Å². The van der Waals surface area contributed by atoms with Crippen LogP contribution in [0, 0.1) is 5.82 Å². The fourth-order valence-electron chi connectivity index (χ4n) is 3.31. The highest BCUT2D eigenvalue weighted by molar-refractivity contribution is 6.02. The third-order valence-electron chi connectivity index (χ3n) is 4.74. The van der Waals surface area contributed by atoms with Crippen molar-refractivity contribution in [1.29, 1.82) is 0 Å². The molecule has 0 atom stereocenters. The molecule has 1 aliphatic heterocycles. The summed E-state index contributed by atoms with van der Waals surface area (Å²) in [7, 11) is 0. The molecular weight excluding hydrogens is 355 g/mol. The molecule has 2 aromatic carbocycles. The number of nitrogens with zero attached hydrogens (tertiary/aromatic N) is 1. The van der Waals surface area contributed by atoms with E-state index < -0.39 is 0 Å². The second-order valence-electron chi connectivity index (χ2n) is 6.78. The van der Waals surface area contributed by atoms with Gasteiger partial charge in [0.05, 0.1) is 0 Å². The SMILES string of the molecule is O=C(/C=C/c1ccc(-c2ccc(F)cc2)o1)Nc1cccc(N2CCCC2)c1. The van der Waals surface area contributed by atoms with Crippen molar-refractivity contribution in [2.24, 2.45) is 0 Å². The van der Waals surface area contributed by atoms with Gasteiger partial charge in [-0.2, -0.15) is 0 Å². The molecule has 142 valence electrons. The van der Waals surface area contributed by atoms with Crippen molar-refractivity contribution in [2.45, 2.75) is 12.8 Å². The maximum atomic E-state index is 13.0. The average Bonchev–Trinajstić information content (AvgIpc) is 3.40. The summed E-state index contributed by atoms with van der Waals surface area (Å²) in [6.07, 6.45) is 5.48. The van der Waals surface area contributed by atoms with Crippen molar-refractivity contribution in [2.75, 3.05) is 23.3 Å². The fourth-order valence-corrected chi connectivity index (χ4v) is 3.31. The van der Waals surface area contributed by atoms with Crippen LogP contribution in [0.3, 0.4) is 0 Å². The molecule has 4 rings (SSSR count). The summed E-state index contributed by atoms with van der Waals surface area (Å²) in [5.41, 5.74) is 2.68. The molecule has 2 heterocycles. The van der Waals surface area contributed by atoms with Crippen LogP contribution < -0.4 is 10.2 Å². The van der Waals surface area contributed by atoms with E-state index >= 15 is 0 Å². The van der Waals surface area contributed by atoms with Crippen LogP contribution in [0.25, 0.3) is 17.4 Å². The Bertz CT molecular complexity index is 986. The van der Waals surface area contributed by atoms with E-state index in [1.54, 1.807) is 30.3 Å². The lowest BCUT2D eigenvalue weighted by Gasteiger charge is -2.18. The maximum absolute atomic E-state index is 13.0. The summed E-state index contributed by atoms with van der Waals surface area (Å²) in [6, 6.07) is 17.5. The van der Waals surface area contributed by atoms with Gasteiger partial charge in [-0.3, -0.25) is 4.79 Å². The molecule has 1 N–H and O–H groups in total. The zero-order chi connectivity index (χ0) is 19.3. The van der Waals surface area contributed by atoms with Gasteiger partial charge in [0, 0.05) is 36.1 Å². The first-order chi connectivity index (χ1) is 13.7. The standard InChI is InChI=1S/C23H21FN2O2/c24-18-8-6-17(7-9-18)22-12-10-21(28-22)11-13-23(27)25-19-4-3-5-20(16-19)26-14-1-2-15-26/h3-13,16H,1-2,14-15H2,(H,25,27)/b13-11+. The van der Waals surface area contributed by atoms with Crippen molar-refractivity contribution in [3.8, 4) is 11.3 Å². The molecule has 1 aliphatic rings. The molecule has 0 radical (unpaired) electrons. The average molecular weight is 376 g/mol. The van der Waals surface area contributed by atoms with E-state index in [-0.39, 0.29) is 11.7 Å². The zero-order valence-corrected chi connectivity index (χ0v) is 15.4. The van der Waals surface area contributed by atoms with Gasteiger partial charge in [0.1, 0.15) is 17.3 Å². The van der Waals surface area contributed by atoms with Crippen molar-refractivity contribution >= 4 is 23.4 Å². The Hall–Kier alpha value is -3.34. The van der Waals surface area contributed by atoms with Crippen LogP contribution in [0.15, 0.2) is 71.2 Å². The van der Waals surface area contributed by atoms with E-state index in [1.807, 2.05) is 18.2 Å². The van der Waals surface area contributed by atoms with Gasteiger partial charge in [-0.05, 0) is 73.5 Å². The number of anilines is 2. The predicted octanol–water partition coefficient (Wildman–Crippen LogP) is 5.34. The topological polar surface area (TPSA) is 45.5 Å². The van der Waals surface area contributed by atoms with Gasteiger partial charge in [-0.25, -0.2) is 4.39 Å². The molecule has 1 saturated heterocycles. The summed E-state index contributed by atoms with van der Waals surface area (Å²) in [5, 5.41) is 2.89. The molecule has 5 heteroatoms. The highest BCUT2D eigenvalue weighted by Gasteiger charge is 2.12. The van der Waals surface area contributed by atoms with Gasteiger partial charge in [0.15, 0.2) is 0 Å². The number of hydrogen-bond acceptors (Lipinski definition) is 3.